The second-order valence-electron chi connectivity index (χ2n) is 10.5. The van der Waals surface area contributed by atoms with E-state index < -0.39 is 16.0 Å². The Kier molecular flexibility index (Phi) is 10.0. The Hall–Kier alpha value is -4.74. The van der Waals surface area contributed by atoms with E-state index in [0.717, 1.165) is 5.56 Å². The fraction of sp³-hybridized carbons (Fsp3) is 0.250. The third-order valence-electron chi connectivity index (χ3n) is 7.08. The van der Waals surface area contributed by atoms with Gasteiger partial charge in [-0.1, -0.05) is 36.4 Å². The highest BCUT2D eigenvalue weighted by Crippen LogP contribution is 2.38. The molecular weight excluding hydrogens is 582 g/mol. The highest BCUT2D eigenvalue weighted by Gasteiger charge is 2.30. The lowest BCUT2D eigenvalue weighted by Gasteiger charge is -2.31. The number of anilines is 3. The number of nitrogens with one attached hydrogen (secondary N) is 2. The number of hydrogen-bond donors (Lipinski definition) is 2. The molecule has 230 valence electrons. The van der Waals surface area contributed by atoms with Gasteiger partial charge >= 0.3 is 5.97 Å². The number of esters is 1. The Bertz CT molecular complexity index is 1710. The molecule has 4 rings (SSSR count). The highest BCUT2D eigenvalue weighted by molar-refractivity contribution is 7.92. The van der Waals surface area contributed by atoms with Gasteiger partial charge < -0.3 is 20.3 Å². The van der Waals surface area contributed by atoms with Gasteiger partial charge in [0, 0.05) is 37.5 Å². The van der Waals surface area contributed by atoms with Crippen LogP contribution in [0.1, 0.15) is 27.9 Å². The minimum atomic E-state index is -3.80. The van der Waals surface area contributed by atoms with Gasteiger partial charge in [0.1, 0.15) is 5.94 Å². The summed E-state index contributed by atoms with van der Waals surface area (Å²) in [7, 11) is 4.31. The standard InChI is InChI=1S/C32H35N5O6S/c1-35(2)25(17-19-38)18-20-44(41,42)37(36(3)4)26-14-12-24(13-15-26)33-30(22-9-7-6-8-10-22)29-27-16-11-23(32(40)43-5)21-28(27)34-31(29)39/h6-17,21,25,33H,18,20H2,1-5H3,(H,34,39)/b30-29-. The first kappa shape index (κ1) is 32.2. The number of likely N-dealkylation sites (N-methyl/N-ethyl adjacent to an activating group) is 1. The Labute approximate surface area is 257 Å². The van der Waals surface area contributed by atoms with Crippen LogP contribution < -0.4 is 15.0 Å². The van der Waals surface area contributed by atoms with Crippen molar-refractivity contribution in [1.82, 2.24) is 9.91 Å². The van der Waals surface area contributed by atoms with Gasteiger partial charge in [-0.25, -0.2) is 27.4 Å². The summed E-state index contributed by atoms with van der Waals surface area (Å²) in [6.07, 6.45) is 1.53. The zero-order valence-electron chi connectivity index (χ0n) is 25.2. The predicted octanol–water partition coefficient (Wildman–Crippen LogP) is 3.73. The van der Waals surface area contributed by atoms with Crippen molar-refractivity contribution in [2.75, 3.05) is 56.1 Å². The Morgan fingerprint density at radius 1 is 1.00 bits per heavy atom. The number of fused-ring (bicyclic) bond motifs is 1. The van der Waals surface area contributed by atoms with Crippen LogP contribution in [0.25, 0.3) is 11.3 Å². The van der Waals surface area contributed by atoms with E-state index in [9.17, 15) is 22.8 Å². The van der Waals surface area contributed by atoms with Crippen molar-refractivity contribution in [3.63, 3.8) is 0 Å². The average Bonchev–Trinajstić information content (AvgIpc) is 3.32. The smallest absolute Gasteiger partial charge is 0.337 e. The second-order valence-corrected chi connectivity index (χ2v) is 12.4. The number of hydrogen-bond acceptors (Lipinski definition) is 9. The van der Waals surface area contributed by atoms with Crippen LogP contribution in [-0.2, 0) is 24.3 Å². The molecule has 44 heavy (non-hydrogen) atoms. The number of sulfonamides is 1. The summed E-state index contributed by atoms with van der Waals surface area (Å²) >= 11 is 0. The molecule has 0 saturated heterocycles. The Morgan fingerprint density at radius 3 is 2.27 bits per heavy atom. The van der Waals surface area contributed by atoms with Gasteiger partial charge in [-0.3, -0.25) is 4.79 Å². The summed E-state index contributed by atoms with van der Waals surface area (Å²) in [5.74, 6) is 0.712. The molecule has 1 unspecified atom stereocenters. The summed E-state index contributed by atoms with van der Waals surface area (Å²) in [5.41, 5.74) is 4.15. The van der Waals surface area contributed by atoms with Gasteiger partial charge in [-0.15, -0.1) is 0 Å². The van der Waals surface area contributed by atoms with Crippen molar-refractivity contribution in [2.24, 2.45) is 0 Å². The highest BCUT2D eigenvalue weighted by atomic mass is 32.2. The van der Waals surface area contributed by atoms with Crippen molar-refractivity contribution in [1.29, 1.82) is 0 Å². The van der Waals surface area contributed by atoms with Gasteiger partial charge in [-0.2, -0.15) is 0 Å². The first-order chi connectivity index (χ1) is 21.0. The van der Waals surface area contributed by atoms with E-state index >= 15 is 0 Å². The summed E-state index contributed by atoms with van der Waals surface area (Å²) in [4.78, 5) is 38.0. The number of benzene rings is 3. The van der Waals surface area contributed by atoms with Crippen molar-refractivity contribution in [3.8, 4) is 0 Å². The monoisotopic (exact) mass is 617 g/mol. The lowest BCUT2D eigenvalue weighted by molar-refractivity contribution is -0.110. The van der Waals surface area contributed by atoms with E-state index in [1.807, 2.05) is 30.3 Å². The molecule has 0 spiro atoms. The molecule has 0 bridgehead atoms. The van der Waals surface area contributed by atoms with Gasteiger partial charge in [0.15, 0.2) is 0 Å². The number of hydrazine groups is 1. The molecule has 0 saturated carbocycles. The molecule has 3 aromatic rings. The third-order valence-corrected chi connectivity index (χ3v) is 8.89. The molecule has 0 radical (unpaired) electrons. The van der Waals surface area contributed by atoms with Crippen LogP contribution in [0.3, 0.4) is 0 Å². The quantitative estimate of drug-likeness (QED) is 0.135. The fourth-order valence-corrected chi connectivity index (χ4v) is 6.58. The van der Waals surface area contributed by atoms with Crippen LogP contribution in [0.15, 0.2) is 78.9 Å². The van der Waals surface area contributed by atoms with Gasteiger partial charge in [0.25, 0.3) is 5.91 Å². The molecule has 1 atom stereocenters. The molecule has 1 aliphatic rings. The lowest BCUT2D eigenvalue weighted by atomic mass is 9.99. The van der Waals surface area contributed by atoms with E-state index in [1.165, 1.54) is 22.6 Å². The van der Waals surface area contributed by atoms with E-state index in [0.29, 0.717) is 39.5 Å². The van der Waals surface area contributed by atoms with Crippen molar-refractivity contribution >= 4 is 56.2 Å². The van der Waals surface area contributed by atoms with E-state index in [1.54, 1.807) is 81.5 Å². The molecule has 11 nitrogen and oxygen atoms in total. The Morgan fingerprint density at radius 2 is 1.68 bits per heavy atom. The van der Waals surface area contributed by atoms with E-state index in [4.69, 9.17) is 4.74 Å². The normalized spacial score (nSPS) is 14.4. The predicted molar refractivity (Wildman–Crippen MR) is 172 cm³/mol. The number of amides is 1. The van der Waals surface area contributed by atoms with Crippen LogP contribution in [0.4, 0.5) is 17.1 Å². The molecule has 0 fully saturated rings. The van der Waals surface area contributed by atoms with Crippen LogP contribution in [0.5, 0.6) is 0 Å². The SMILES string of the molecule is COC(=O)c1ccc2c(c1)NC(=O)/C2=C(\Nc1ccc(N(N(C)C)S(=O)(=O)CCC(C=C=O)N(C)C)cc1)c1ccccc1. The van der Waals surface area contributed by atoms with Crippen LogP contribution in [0, 0.1) is 0 Å². The average molecular weight is 618 g/mol. The number of ether oxygens (including phenoxy) is 1. The zero-order valence-corrected chi connectivity index (χ0v) is 26.0. The molecule has 3 aromatic carbocycles. The third kappa shape index (κ3) is 7.07. The molecule has 1 aliphatic heterocycles. The number of methoxy groups -OCH3 is 1. The van der Waals surface area contributed by atoms with Crippen LogP contribution in [0.2, 0.25) is 0 Å². The summed E-state index contributed by atoms with van der Waals surface area (Å²) in [5, 5.41) is 7.68. The molecule has 2 N–H and O–H groups in total. The first-order valence-corrected chi connectivity index (χ1v) is 15.4. The largest absolute Gasteiger partial charge is 0.465 e. The fourth-order valence-electron chi connectivity index (χ4n) is 4.93. The summed E-state index contributed by atoms with van der Waals surface area (Å²) in [6, 6.07) is 20.7. The lowest BCUT2D eigenvalue weighted by Crippen LogP contribution is -2.44. The maximum absolute atomic E-state index is 13.4. The topological polar surface area (TPSA) is 128 Å². The van der Waals surface area contributed by atoms with Crippen molar-refractivity contribution in [2.45, 2.75) is 12.5 Å². The maximum Gasteiger partial charge on any atom is 0.337 e. The van der Waals surface area contributed by atoms with E-state index in [2.05, 4.69) is 10.6 Å². The minimum Gasteiger partial charge on any atom is -0.465 e. The Balaban J connectivity index is 1.68. The maximum atomic E-state index is 13.4. The van der Waals surface area contributed by atoms with E-state index in [-0.39, 0.29) is 24.1 Å². The summed E-state index contributed by atoms with van der Waals surface area (Å²) in [6.45, 7) is 0. The molecule has 12 heteroatoms. The number of carbonyl (C=O) groups excluding carboxylic acids is 3. The summed E-state index contributed by atoms with van der Waals surface area (Å²) < 4.78 is 32.9. The first-order valence-electron chi connectivity index (χ1n) is 13.8. The molecule has 0 aromatic heterocycles. The van der Waals surface area contributed by atoms with Crippen LogP contribution in [-0.4, -0.2) is 83.2 Å². The zero-order chi connectivity index (χ0) is 32.0. The molecule has 1 heterocycles. The van der Waals surface area contributed by atoms with Gasteiger partial charge in [0.05, 0.1) is 41.1 Å². The number of rotatable bonds is 12. The van der Waals surface area contributed by atoms with Gasteiger partial charge in [0.2, 0.25) is 10.0 Å². The minimum absolute atomic E-state index is 0.192. The second kappa shape index (κ2) is 13.7. The van der Waals surface area contributed by atoms with Crippen molar-refractivity contribution in [3.05, 3.63) is 95.6 Å². The number of nitrogens with zero attached hydrogens (tertiary/aromatic N) is 3. The molecule has 1 amide bonds. The molecular formula is C32H35N5O6S. The van der Waals surface area contributed by atoms with Gasteiger partial charge in [-0.05, 0) is 62.5 Å². The van der Waals surface area contributed by atoms with Crippen molar-refractivity contribution < 1.29 is 27.5 Å². The van der Waals surface area contributed by atoms with Crippen LogP contribution >= 0.6 is 0 Å². The number of carbonyl (C=O) groups is 2. The molecule has 0 aliphatic carbocycles.